The molecule has 1 atom stereocenters. The molecule has 0 unspecified atom stereocenters. The van der Waals surface area contributed by atoms with Gasteiger partial charge >= 0.3 is 23.9 Å². The number of rotatable bonds is 6. The molecule has 0 spiro atoms. The molecule has 1 aliphatic carbocycles. The second kappa shape index (κ2) is 10.5. The van der Waals surface area contributed by atoms with Gasteiger partial charge in [0.1, 0.15) is 5.60 Å². The highest BCUT2D eigenvalue weighted by Gasteiger charge is 2.39. The minimum atomic E-state index is -0.811. The zero-order valence-corrected chi connectivity index (χ0v) is 19.4. The fourth-order valence-electron chi connectivity index (χ4n) is 3.65. The molecule has 0 saturated heterocycles. The van der Waals surface area contributed by atoms with Crippen LogP contribution in [0.5, 0.6) is 0 Å². The Bertz CT molecular complexity index is 838. The molecule has 3 amide bonds. The van der Waals surface area contributed by atoms with Gasteiger partial charge in [0.15, 0.2) is 0 Å². The second-order valence-electron chi connectivity index (χ2n) is 9.14. The van der Waals surface area contributed by atoms with E-state index in [9.17, 15) is 19.2 Å². The second-order valence-corrected chi connectivity index (χ2v) is 9.14. The van der Waals surface area contributed by atoms with E-state index in [1.165, 1.54) is 7.11 Å². The maximum atomic E-state index is 12.5. The molecule has 0 bridgehead atoms. The van der Waals surface area contributed by atoms with E-state index in [0.717, 1.165) is 18.4 Å². The Balaban J connectivity index is 1.93. The first-order valence-electron chi connectivity index (χ1n) is 10.7. The van der Waals surface area contributed by atoms with Crippen LogP contribution in [0.15, 0.2) is 24.3 Å². The molecule has 32 heavy (non-hydrogen) atoms. The average Bonchev–Trinajstić information content (AvgIpc) is 3.14. The minimum Gasteiger partial charge on any atom is -0.469 e. The number of carbonyl (C=O) groups is 4. The van der Waals surface area contributed by atoms with E-state index >= 15 is 0 Å². The molecule has 176 valence electrons. The number of ether oxygens (including phenoxy) is 2. The highest BCUT2D eigenvalue weighted by atomic mass is 16.6. The van der Waals surface area contributed by atoms with Crippen LogP contribution in [0.4, 0.5) is 10.5 Å². The predicted molar refractivity (Wildman–Crippen MR) is 119 cm³/mol. The van der Waals surface area contributed by atoms with Crippen molar-refractivity contribution in [3.8, 4) is 0 Å². The number of nitrogens with one attached hydrogen (secondary N) is 3. The summed E-state index contributed by atoms with van der Waals surface area (Å²) in [5, 5.41) is 8.04. The quantitative estimate of drug-likeness (QED) is 0.455. The van der Waals surface area contributed by atoms with E-state index in [1.54, 1.807) is 45.0 Å². The first-order valence-corrected chi connectivity index (χ1v) is 10.7. The molecule has 2 rings (SSSR count). The van der Waals surface area contributed by atoms with Crippen molar-refractivity contribution in [1.82, 2.24) is 10.6 Å². The van der Waals surface area contributed by atoms with E-state index < -0.39 is 35.0 Å². The number of esters is 1. The van der Waals surface area contributed by atoms with Crippen molar-refractivity contribution in [2.45, 2.75) is 77.0 Å². The van der Waals surface area contributed by atoms with Crippen LogP contribution in [0, 0.1) is 0 Å². The van der Waals surface area contributed by atoms with Crippen LogP contribution >= 0.6 is 0 Å². The van der Waals surface area contributed by atoms with Gasteiger partial charge < -0.3 is 25.4 Å². The van der Waals surface area contributed by atoms with Crippen molar-refractivity contribution in [3.05, 3.63) is 29.8 Å². The molecule has 9 nitrogen and oxygen atoms in total. The van der Waals surface area contributed by atoms with Crippen molar-refractivity contribution in [2.75, 3.05) is 12.4 Å². The van der Waals surface area contributed by atoms with Crippen LogP contribution in [0.1, 0.15) is 71.4 Å². The monoisotopic (exact) mass is 447 g/mol. The summed E-state index contributed by atoms with van der Waals surface area (Å²) >= 11 is 0. The zero-order chi connectivity index (χ0) is 23.9. The Morgan fingerprint density at radius 1 is 1.03 bits per heavy atom. The Labute approximate surface area is 188 Å². The van der Waals surface area contributed by atoms with Crippen LogP contribution in [0.2, 0.25) is 0 Å². The van der Waals surface area contributed by atoms with Crippen LogP contribution < -0.4 is 16.0 Å². The lowest BCUT2D eigenvalue weighted by molar-refractivity contribution is -0.144. The van der Waals surface area contributed by atoms with Crippen molar-refractivity contribution in [1.29, 1.82) is 0 Å². The molecule has 1 aromatic rings. The molecule has 3 N–H and O–H groups in total. The average molecular weight is 448 g/mol. The topological polar surface area (TPSA) is 123 Å². The predicted octanol–water partition coefficient (Wildman–Crippen LogP) is 3.20. The number of amides is 3. The van der Waals surface area contributed by atoms with E-state index in [1.807, 2.05) is 6.92 Å². The number of hydrogen-bond donors (Lipinski definition) is 3. The molecular weight excluding hydrogens is 414 g/mol. The molecule has 0 aliphatic heterocycles. The summed E-state index contributed by atoms with van der Waals surface area (Å²) in [6.45, 7) is 7.17. The molecule has 1 fully saturated rings. The highest BCUT2D eigenvalue weighted by molar-refractivity contribution is 6.39. The number of hydrogen-bond acceptors (Lipinski definition) is 6. The number of alkyl carbamates (subject to hydrolysis) is 1. The van der Waals surface area contributed by atoms with Gasteiger partial charge in [-0.1, -0.05) is 25.0 Å². The highest BCUT2D eigenvalue weighted by Crippen LogP contribution is 2.33. The third kappa shape index (κ3) is 7.55. The fourth-order valence-corrected chi connectivity index (χ4v) is 3.65. The molecular formula is C23H33N3O6. The standard InChI is InChI=1S/C23H33N3O6/c1-15(24-21(30)32-22(2,3)4)16-8-10-17(11-9-16)25-19(28)20(29)26-23(12-6-7-13-23)14-18(27)31-5/h8-11,15H,6-7,12-14H2,1-5H3,(H,24,30)(H,25,28)(H,26,29)/t15-/m1/s1. The van der Waals surface area contributed by atoms with Gasteiger partial charge in [0.05, 0.1) is 25.1 Å². The third-order valence-electron chi connectivity index (χ3n) is 5.26. The summed E-state index contributed by atoms with van der Waals surface area (Å²) in [5.74, 6) is -2.02. The smallest absolute Gasteiger partial charge is 0.408 e. The lowest BCUT2D eigenvalue weighted by Crippen LogP contribution is -2.51. The first-order chi connectivity index (χ1) is 14.9. The summed E-state index contributed by atoms with van der Waals surface area (Å²) < 4.78 is 9.97. The Morgan fingerprint density at radius 3 is 2.16 bits per heavy atom. The minimum absolute atomic E-state index is 0.0414. The van der Waals surface area contributed by atoms with E-state index in [0.29, 0.717) is 18.5 Å². The fraction of sp³-hybridized carbons (Fsp3) is 0.565. The largest absolute Gasteiger partial charge is 0.469 e. The van der Waals surface area contributed by atoms with Gasteiger partial charge in [-0.15, -0.1) is 0 Å². The SMILES string of the molecule is COC(=O)CC1(NC(=O)C(=O)Nc2ccc([C@@H](C)NC(=O)OC(C)(C)C)cc2)CCCC1. The van der Waals surface area contributed by atoms with Crippen LogP contribution in [-0.2, 0) is 23.9 Å². The summed E-state index contributed by atoms with van der Waals surface area (Å²) in [6.07, 6.45) is 2.51. The van der Waals surface area contributed by atoms with Crippen molar-refractivity contribution >= 4 is 29.6 Å². The Hall–Kier alpha value is -3.10. The van der Waals surface area contributed by atoms with Gasteiger partial charge in [-0.2, -0.15) is 0 Å². The molecule has 9 heteroatoms. The van der Waals surface area contributed by atoms with E-state index in [4.69, 9.17) is 9.47 Å². The number of methoxy groups -OCH3 is 1. The van der Waals surface area contributed by atoms with Gasteiger partial charge in [0.2, 0.25) is 0 Å². The summed E-state index contributed by atoms with van der Waals surface area (Å²) in [7, 11) is 1.30. The molecule has 1 aliphatic rings. The zero-order valence-electron chi connectivity index (χ0n) is 19.4. The maximum absolute atomic E-state index is 12.5. The van der Waals surface area contributed by atoms with Gasteiger partial charge in [0.25, 0.3) is 0 Å². The molecule has 0 aromatic heterocycles. The Morgan fingerprint density at radius 2 is 1.62 bits per heavy atom. The molecule has 1 aromatic carbocycles. The lowest BCUT2D eigenvalue weighted by Gasteiger charge is -2.28. The number of anilines is 1. The van der Waals surface area contributed by atoms with Gasteiger partial charge in [0, 0.05) is 5.69 Å². The molecule has 0 radical (unpaired) electrons. The first kappa shape index (κ1) is 25.2. The molecule has 0 heterocycles. The molecule has 1 saturated carbocycles. The van der Waals surface area contributed by atoms with Crippen molar-refractivity contribution < 1.29 is 28.7 Å². The third-order valence-corrected chi connectivity index (χ3v) is 5.26. The number of carbonyl (C=O) groups excluding carboxylic acids is 4. The van der Waals surface area contributed by atoms with E-state index in [2.05, 4.69) is 16.0 Å². The normalized spacial score (nSPS) is 15.9. The van der Waals surface area contributed by atoms with Crippen molar-refractivity contribution in [3.63, 3.8) is 0 Å². The lowest BCUT2D eigenvalue weighted by atomic mass is 9.93. The number of benzene rings is 1. The van der Waals surface area contributed by atoms with Crippen LogP contribution in [0.3, 0.4) is 0 Å². The van der Waals surface area contributed by atoms with Gasteiger partial charge in [-0.25, -0.2) is 4.79 Å². The summed E-state index contributed by atoms with van der Waals surface area (Å²) in [5.41, 5.74) is -0.0891. The van der Waals surface area contributed by atoms with Crippen LogP contribution in [0.25, 0.3) is 0 Å². The van der Waals surface area contributed by atoms with Crippen molar-refractivity contribution in [2.24, 2.45) is 0 Å². The maximum Gasteiger partial charge on any atom is 0.408 e. The van der Waals surface area contributed by atoms with Gasteiger partial charge in [-0.05, 0) is 58.2 Å². The van der Waals surface area contributed by atoms with E-state index in [-0.39, 0.29) is 12.5 Å². The van der Waals surface area contributed by atoms with Crippen LogP contribution in [-0.4, -0.2) is 42.1 Å². The summed E-state index contributed by atoms with van der Waals surface area (Å²) in [6, 6.07) is 6.47. The summed E-state index contributed by atoms with van der Waals surface area (Å²) in [4.78, 5) is 48.5. The van der Waals surface area contributed by atoms with Gasteiger partial charge in [-0.3, -0.25) is 14.4 Å². The Kier molecular flexibility index (Phi) is 8.24.